The van der Waals surface area contributed by atoms with Gasteiger partial charge in [0.05, 0.1) is 12.6 Å². The van der Waals surface area contributed by atoms with Crippen molar-refractivity contribution >= 4 is 5.97 Å². The lowest BCUT2D eigenvalue weighted by atomic mass is 10.1. The third-order valence-electron chi connectivity index (χ3n) is 2.25. The van der Waals surface area contributed by atoms with E-state index < -0.39 is 0 Å². The molecule has 11 heavy (non-hydrogen) atoms. The van der Waals surface area contributed by atoms with Crippen molar-refractivity contribution in [3.05, 3.63) is 0 Å². The molecule has 0 aliphatic heterocycles. The van der Waals surface area contributed by atoms with Crippen molar-refractivity contribution < 1.29 is 15.3 Å². The summed E-state index contributed by atoms with van der Waals surface area (Å²) in [5, 5.41) is 0. The Balaban J connectivity index is 2.39. The minimum atomic E-state index is -0.0509. The van der Waals surface area contributed by atoms with Crippen LogP contribution in [0.3, 0.4) is 0 Å². The molecule has 0 saturated heterocycles. The van der Waals surface area contributed by atoms with Gasteiger partial charge >= 0.3 is 5.97 Å². The number of carbonyl (C=O) groups excluding carboxylic acids is 1. The van der Waals surface area contributed by atoms with Gasteiger partial charge in [0.1, 0.15) is 5.92 Å². The molecule has 0 heterocycles. The predicted molar refractivity (Wildman–Crippen MR) is 40.7 cm³/mol. The summed E-state index contributed by atoms with van der Waals surface area (Å²) < 4.78 is 4.92. The predicted octanol–water partition coefficient (Wildman–Crippen LogP) is -0.0399. The summed E-state index contributed by atoms with van der Waals surface area (Å²) in [5.41, 5.74) is 3.92. The first-order valence-electron chi connectivity index (χ1n) is 4.25. The Morgan fingerprint density at radius 2 is 2.36 bits per heavy atom. The molecule has 3 N–H and O–H groups in total. The van der Waals surface area contributed by atoms with Gasteiger partial charge in [0.25, 0.3) is 0 Å². The van der Waals surface area contributed by atoms with Crippen LogP contribution in [0.4, 0.5) is 0 Å². The Labute approximate surface area is 66.9 Å². The number of ether oxygens (including phenoxy) is 1. The van der Waals surface area contributed by atoms with Crippen molar-refractivity contribution in [1.29, 1.82) is 0 Å². The zero-order chi connectivity index (χ0) is 8.27. The lowest BCUT2D eigenvalue weighted by Crippen LogP contribution is -2.63. The molecule has 0 unspecified atom stereocenters. The standard InChI is InChI=1S/C8H15NO2/c1-2-11-8(10)6-4-3-5-7(6)9/h6-7H,2-5,9H2,1H3/p+1/t6-,7-/m0/s1. The van der Waals surface area contributed by atoms with Gasteiger partial charge in [0.2, 0.25) is 0 Å². The fourth-order valence-electron chi connectivity index (χ4n) is 1.60. The first-order chi connectivity index (χ1) is 5.25. The number of rotatable bonds is 2. The first-order valence-corrected chi connectivity index (χ1v) is 4.25. The molecule has 1 fully saturated rings. The molecule has 0 radical (unpaired) electrons. The van der Waals surface area contributed by atoms with E-state index in [4.69, 9.17) is 4.74 Å². The maximum Gasteiger partial charge on any atom is 0.314 e. The van der Waals surface area contributed by atoms with Crippen LogP contribution in [0.1, 0.15) is 26.2 Å². The molecule has 2 atom stereocenters. The summed E-state index contributed by atoms with van der Waals surface area (Å²) in [7, 11) is 0. The second-order valence-electron chi connectivity index (χ2n) is 3.05. The number of esters is 1. The molecule has 1 aliphatic carbocycles. The summed E-state index contributed by atoms with van der Waals surface area (Å²) in [6.45, 7) is 2.33. The maximum absolute atomic E-state index is 11.2. The summed E-state index contributed by atoms with van der Waals surface area (Å²) in [5.74, 6) is 0.0277. The van der Waals surface area contributed by atoms with E-state index in [1.807, 2.05) is 6.92 Å². The molecule has 0 spiro atoms. The zero-order valence-electron chi connectivity index (χ0n) is 7.01. The Kier molecular flexibility index (Phi) is 2.88. The number of carbonyl (C=O) groups is 1. The Bertz CT molecular complexity index is 147. The highest BCUT2D eigenvalue weighted by molar-refractivity contribution is 5.73. The molecule has 0 amide bonds. The molecule has 1 rings (SSSR count). The van der Waals surface area contributed by atoms with Gasteiger partial charge in [-0.3, -0.25) is 4.79 Å². The van der Waals surface area contributed by atoms with Crippen LogP contribution in [0, 0.1) is 5.92 Å². The molecule has 1 saturated carbocycles. The molecule has 1 aliphatic rings. The normalized spacial score (nSPS) is 30.4. The highest BCUT2D eigenvalue weighted by Crippen LogP contribution is 2.23. The van der Waals surface area contributed by atoms with Crippen molar-refractivity contribution in [2.45, 2.75) is 32.2 Å². The van der Waals surface area contributed by atoms with Crippen molar-refractivity contribution in [2.24, 2.45) is 5.92 Å². The molecular formula is C8H16NO2+. The molecule has 64 valence electrons. The van der Waals surface area contributed by atoms with E-state index in [0.29, 0.717) is 6.61 Å². The molecule has 3 nitrogen and oxygen atoms in total. The van der Waals surface area contributed by atoms with Gasteiger partial charge in [0, 0.05) is 6.42 Å². The molecule has 0 aromatic carbocycles. The van der Waals surface area contributed by atoms with E-state index in [1.54, 1.807) is 0 Å². The Morgan fingerprint density at radius 3 is 2.82 bits per heavy atom. The lowest BCUT2D eigenvalue weighted by molar-refractivity contribution is -0.425. The minimum absolute atomic E-state index is 0.0509. The van der Waals surface area contributed by atoms with Crippen LogP contribution in [0.25, 0.3) is 0 Å². The van der Waals surface area contributed by atoms with Crippen molar-refractivity contribution in [1.82, 2.24) is 0 Å². The number of quaternary nitrogens is 1. The molecule has 0 aromatic rings. The van der Waals surface area contributed by atoms with Crippen LogP contribution in [0.2, 0.25) is 0 Å². The summed E-state index contributed by atoms with van der Waals surface area (Å²) in [6, 6.07) is 0.286. The molecule has 0 bridgehead atoms. The van der Waals surface area contributed by atoms with Crippen LogP contribution in [-0.2, 0) is 9.53 Å². The Hall–Kier alpha value is -0.570. The van der Waals surface area contributed by atoms with E-state index in [9.17, 15) is 4.79 Å². The second kappa shape index (κ2) is 3.72. The van der Waals surface area contributed by atoms with E-state index in [1.165, 1.54) is 0 Å². The van der Waals surface area contributed by atoms with Crippen LogP contribution >= 0.6 is 0 Å². The Morgan fingerprint density at radius 1 is 1.64 bits per heavy atom. The van der Waals surface area contributed by atoms with Crippen LogP contribution in [0.5, 0.6) is 0 Å². The average Bonchev–Trinajstić information content (AvgIpc) is 2.36. The average molecular weight is 158 g/mol. The molecular weight excluding hydrogens is 142 g/mol. The summed E-state index contributed by atoms with van der Waals surface area (Å²) in [4.78, 5) is 11.2. The van der Waals surface area contributed by atoms with Gasteiger partial charge in [-0.25, -0.2) is 0 Å². The quantitative estimate of drug-likeness (QED) is 0.573. The van der Waals surface area contributed by atoms with Crippen LogP contribution in [0.15, 0.2) is 0 Å². The van der Waals surface area contributed by atoms with Gasteiger partial charge in [-0.05, 0) is 19.8 Å². The highest BCUT2D eigenvalue weighted by atomic mass is 16.5. The fourth-order valence-corrected chi connectivity index (χ4v) is 1.60. The van der Waals surface area contributed by atoms with Crippen LogP contribution in [-0.4, -0.2) is 18.6 Å². The summed E-state index contributed by atoms with van der Waals surface area (Å²) in [6.07, 6.45) is 3.16. The number of hydrogen-bond acceptors (Lipinski definition) is 2. The van der Waals surface area contributed by atoms with E-state index in [0.717, 1.165) is 19.3 Å². The SMILES string of the molecule is CCOC(=O)[C@H]1CCC[C@@H]1[NH3+]. The monoisotopic (exact) mass is 158 g/mol. The maximum atomic E-state index is 11.2. The van der Waals surface area contributed by atoms with Gasteiger partial charge in [0.15, 0.2) is 0 Å². The van der Waals surface area contributed by atoms with Gasteiger partial charge in [-0.1, -0.05) is 0 Å². The number of hydrogen-bond donors (Lipinski definition) is 1. The van der Waals surface area contributed by atoms with Gasteiger partial charge in [-0.15, -0.1) is 0 Å². The largest absolute Gasteiger partial charge is 0.466 e. The van der Waals surface area contributed by atoms with Gasteiger partial charge < -0.3 is 10.5 Å². The molecule has 3 heteroatoms. The third-order valence-corrected chi connectivity index (χ3v) is 2.25. The molecule has 0 aromatic heterocycles. The summed E-state index contributed by atoms with van der Waals surface area (Å²) >= 11 is 0. The first kappa shape index (κ1) is 8.53. The van der Waals surface area contributed by atoms with E-state index in [-0.39, 0.29) is 17.9 Å². The van der Waals surface area contributed by atoms with Crippen molar-refractivity contribution in [2.75, 3.05) is 6.61 Å². The van der Waals surface area contributed by atoms with Crippen molar-refractivity contribution in [3.8, 4) is 0 Å². The minimum Gasteiger partial charge on any atom is -0.466 e. The second-order valence-corrected chi connectivity index (χ2v) is 3.05. The third kappa shape index (κ3) is 1.93. The van der Waals surface area contributed by atoms with Crippen molar-refractivity contribution in [3.63, 3.8) is 0 Å². The fraction of sp³-hybridized carbons (Fsp3) is 0.875. The van der Waals surface area contributed by atoms with E-state index in [2.05, 4.69) is 5.73 Å². The van der Waals surface area contributed by atoms with Crippen LogP contribution < -0.4 is 5.73 Å². The topological polar surface area (TPSA) is 53.9 Å². The van der Waals surface area contributed by atoms with Gasteiger partial charge in [-0.2, -0.15) is 0 Å². The smallest absolute Gasteiger partial charge is 0.314 e. The highest BCUT2D eigenvalue weighted by Gasteiger charge is 2.34. The zero-order valence-corrected chi connectivity index (χ0v) is 7.01. The van der Waals surface area contributed by atoms with E-state index >= 15 is 0 Å². The lowest BCUT2D eigenvalue weighted by Gasteiger charge is -2.10.